The van der Waals surface area contributed by atoms with Crippen LogP contribution in [0.1, 0.15) is 49.9 Å². The maximum absolute atomic E-state index is 14.1. The van der Waals surface area contributed by atoms with Crippen LogP contribution in [0.4, 0.5) is 0 Å². The third kappa shape index (κ3) is 6.63. The molecule has 4 rings (SSSR count). The summed E-state index contributed by atoms with van der Waals surface area (Å²) in [7, 11) is 1.60. The number of methoxy groups -OCH3 is 1. The van der Waals surface area contributed by atoms with E-state index in [0.29, 0.717) is 29.8 Å². The van der Waals surface area contributed by atoms with Crippen LogP contribution in [0.15, 0.2) is 72.8 Å². The Morgan fingerprint density at radius 1 is 1.03 bits per heavy atom. The van der Waals surface area contributed by atoms with Crippen LogP contribution >= 0.6 is 0 Å². The number of carbonyl (C=O) groups is 2. The highest BCUT2D eigenvalue weighted by molar-refractivity contribution is 5.89. The number of nitrogens with one attached hydrogen (secondary N) is 1. The number of rotatable bonds is 11. The lowest BCUT2D eigenvalue weighted by molar-refractivity contribution is -0.142. The van der Waals surface area contributed by atoms with Gasteiger partial charge in [0, 0.05) is 12.1 Å². The smallest absolute Gasteiger partial charge is 0.247 e. The van der Waals surface area contributed by atoms with Gasteiger partial charge in [-0.15, -0.1) is 5.10 Å². The predicted octanol–water partition coefficient (Wildman–Crippen LogP) is 4.87. The van der Waals surface area contributed by atoms with Crippen LogP contribution in [0.25, 0.3) is 11.0 Å². The van der Waals surface area contributed by atoms with Gasteiger partial charge in [0.1, 0.15) is 23.9 Å². The van der Waals surface area contributed by atoms with Crippen LogP contribution < -0.4 is 10.1 Å². The zero-order valence-electron chi connectivity index (χ0n) is 23.3. The second-order valence-electron chi connectivity index (χ2n) is 10.4. The zero-order chi connectivity index (χ0) is 28.0. The molecule has 0 bridgehead atoms. The van der Waals surface area contributed by atoms with E-state index in [2.05, 4.69) is 34.7 Å². The number of fused-ring (bicyclic) bond motifs is 1. The zero-order valence-corrected chi connectivity index (χ0v) is 23.3. The van der Waals surface area contributed by atoms with Crippen LogP contribution in [0.3, 0.4) is 0 Å². The van der Waals surface area contributed by atoms with Crippen molar-refractivity contribution in [2.45, 2.75) is 58.7 Å². The summed E-state index contributed by atoms with van der Waals surface area (Å²) >= 11 is 0. The van der Waals surface area contributed by atoms with E-state index < -0.39 is 11.6 Å². The maximum Gasteiger partial charge on any atom is 0.247 e. The first-order chi connectivity index (χ1) is 18.7. The lowest BCUT2D eigenvalue weighted by Gasteiger charge is -2.35. The number of nitrogens with zero attached hydrogens (tertiary/aromatic N) is 4. The fourth-order valence-electron chi connectivity index (χ4n) is 4.53. The van der Waals surface area contributed by atoms with Gasteiger partial charge >= 0.3 is 0 Å². The van der Waals surface area contributed by atoms with Crippen LogP contribution in [-0.4, -0.2) is 50.9 Å². The van der Waals surface area contributed by atoms with Gasteiger partial charge in [-0.05, 0) is 74.6 Å². The molecule has 1 atom stereocenters. The summed E-state index contributed by atoms with van der Waals surface area (Å²) < 4.78 is 6.94. The summed E-state index contributed by atoms with van der Waals surface area (Å²) in [5.41, 5.74) is 4.03. The van der Waals surface area contributed by atoms with Gasteiger partial charge in [0.2, 0.25) is 11.8 Å². The molecular formula is C31H37N5O3. The predicted molar refractivity (Wildman–Crippen MR) is 152 cm³/mol. The summed E-state index contributed by atoms with van der Waals surface area (Å²) in [6.45, 7) is 8.37. The molecule has 0 fully saturated rings. The molecule has 39 heavy (non-hydrogen) atoms. The molecule has 3 aromatic carbocycles. The molecule has 0 saturated carbocycles. The number of amides is 2. The monoisotopic (exact) mass is 527 g/mol. The van der Waals surface area contributed by atoms with Crippen molar-refractivity contribution in [1.82, 2.24) is 25.2 Å². The lowest BCUT2D eigenvalue weighted by atomic mass is 9.98. The number of ether oxygens (including phenoxy) is 1. The van der Waals surface area contributed by atoms with Crippen molar-refractivity contribution < 1.29 is 14.3 Å². The van der Waals surface area contributed by atoms with Crippen molar-refractivity contribution in [3.8, 4) is 5.75 Å². The summed E-state index contributed by atoms with van der Waals surface area (Å²) in [4.78, 5) is 29.7. The van der Waals surface area contributed by atoms with E-state index in [4.69, 9.17) is 4.74 Å². The van der Waals surface area contributed by atoms with E-state index in [9.17, 15) is 9.59 Å². The number of aromatic nitrogens is 3. The summed E-state index contributed by atoms with van der Waals surface area (Å²) in [5.74, 6) is 0.233. The second-order valence-corrected chi connectivity index (χ2v) is 10.4. The minimum absolute atomic E-state index is 0.0363. The molecule has 204 valence electrons. The van der Waals surface area contributed by atoms with E-state index in [1.54, 1.807) is 16.7 Å². The van der Waals surface area contributed by atoms with Crippen molar-refractivity contribution in [2.24, 2.45) is 0 Å². The quantitative estimate of drug-likeness (QED) is 0.301. The van der Waals surface area contributed by atoms with E-state index in [-0.39, 0.29) is 18.4 Å². The van der Waals surface area contributed by atoms with Gasteiger partial charge < -0.3 is 15.0 Å². The van der Waals surface area contributed by atoms with Gasteiger partial charge in [-0.3, -0.25) is 9.59 Å². The first-order valence-electron chi connectivity index (χ1n) is 13.3. The Hall–Kier alpha value is -4.20. The molecule has 8 nitrogen and oxygen atoms in total. The molecule has 1 aromatic heterocycles. The molecule has 8 heteroatoms. The highest BCUT2D eigenvalue weighted by atomic mass is 16.5. The van der Waals surface area contributed by atoms with Crippen LogP contribution in [0.5, 0.6) is 5.75 Å². The van der Waals surface area contributed by atoms with Crippen LogP contribution in [0, 0.1) is 6.92 Å². The first kappa shape index (κ1) is 27.8. The Balaban J connectivity index is 1.74. The Morgan fingerprint density at radius 2 is 1.72 bits per heavy atom. The Bertz CT molecular complexity index is 1430. The van der Waals surface area contributed by atoms with Gasteiger partial charge in [-0.2, -0.15) is 0 Å². The first-order valence-corrected chi connectivity index (χ1v) is 13.3. The lowest BCUT2D eigenvalue weighted by Crippen LogP contribution is -2.51. The number of para-hydroxylation sites is 1. The van der Waals surface area contributed by atoms with Crippen molar-refractivity contribution in [1.29, 1.82) is 0 Å². The number of carbonyl (C=O) groups excluding carboxylic acids is 2. The fraction of sp³-hybridized carbons (Fsp3) is 0.355. The summed E-state index contributed by atoms with van der Waals surface area (Å²) in [6.07, 6.45) is 1.35. The molecule has 0 radical (unpaired) electrons. The number of benzene rings is 3. The average molecular weight is 528 g/mol. The van der Waals surface area contributed by atoms with Crippen molar-refractivity contribution in [2.75, 3.05) is 13.7 Å². The minimum Gasteiger partial charge on any atom is -0.497 e. The molecule has 0 saturated heterocycles. The molecule has 1 N–H and O–H groups in total. The van der Waals surface area contributed by atoms with E-state index in [0.717, 1.165) is 23.1 Å². The van der Waals surface area contributed by atoms with E-state index in [1.807, 2.05) is 81.4 Å². The fourth-order valence-corrected chi connectivity index (χ4v) is 4.53. The molecule has 0 aliphatic rings. The van der Waals surface area contributed by atoms with Gasteiger partial charge in [0.25, 0.3) is 0 Å². The second kappa shape index (κ2) is 12.1. The summed E-state index contributed by atoms with van der Waals surface area (Å²) in [5, 5.41) is 11.6. The Kier molecular flexibility index (Phi) is 8.64. The van der Waals surface area contributed by atoms with Gasteiger partial charge in [-0.1, -0.05) is 60.7 Å². The SMILES string of the molecule is CCC(C)(C)NC(=O)[C@@H](c1ccc(OC)cc1)N(CCc1ccccc1C)C(=O)Cn1nnc2ccccc21. The molecule has 0 unspecified atom stereocenters. The molecule has 0 spiro atoms. The van der Waals surface area contributed by atoms with Crippen LogP contribution in [-0.2, 0) is 22.6 Å². The van der Waals surface area contributed by atoms with Crippen molar-refractivity contribution in [3.63, 3.8) is 0 Å². The summed E-state index contributed by atoms with van der Waals surface area (Å²) in [6, 6.07) is 22.1. The average Bonchev–Trinajstić information content (AvgIpc) is 3.34. The highest BCUT2D eigenvalue weighted by Gasteiger charge is 2.34. The Labute approximate surface area is 230 Å². The molecule has 1 heterocycles. The number of aryl methyl sites for hydroxylation is 1. The number of hydrogen-bond donors (Lipinski definition) is 1. The third-order valence-corrected chi connectivity index (χ3v) is 7.25. The molecule has 2 amide bonds. The third-order valence-electron chi connectivity index (χ3n) is 7.25. The van der Waals surface area contributed by atoms with Crippen LogP contribution in [0.2, 0.25) is 0 Å². The highest BCUT2D eigenvalue weighted by Crippen LogP contribution is 2.27. The van der Waals surface area contributed by atoms with E-state index >= 15 is 0 Å². The van der Waals surface area contributed by atoms with Crippen molar-refractivity contribution >= 4 is 22.8 Å². The van der Waals surface area contributed by atoms with E-state index in [1.165, 1.54) is 0 Å². The van der Waals surface area contributed by atoms with Gasteiger partial charge in [0.15, 0.2) is 0 Å². The number of hydrogen-bond acceptors (Lipinski definition) is 5. The molecule has 4 aromatic rings. The Morgan fingerprint density at radius 3 is 2.41 bits per heavy atom. The normalized spacial score (nSPS) is 12.2. The maximum atomic E-state index is 14.1. The van der Waals surface area contributed by atoms with Gasteiger partial charge in [-0.25, -0.2) is 4.68 Å². The van der Waals surface area contributed by atoms with Crippen molar-refractivity contribution in [3.05, 3.63) is 89.5 Å². The molecule has 0 aliphatic heterocycles. The standard InChI is InChI=1S/C31H37N5O3/c1-6-31(3,4)32-30(38)29(24-15-17-25(39-5)18-16-24)35(20-19-23-12-8-7-11-22(23)2)28(37)21-36-27-14-10-9-13-26(27)33-34-36/h7-18,29H,6,19-21H2,1-5H3,(H,32,38)/t29-/m1/s1. The topological polar surface area (TPSA) is 89.4 Å². The molecular weight excluding hydrogens is 490 g/mol. The largest absolute Gasteiger partial charge is 0.497 e. The molecule has 0 aliphatic carbocycles. The minimum atomic E-state index is -0.840. The van der Waals surface area contributed by atoms with Gasteiger partial charge in [0.05, 0.1) is 12.6 Å².